The molecule has 1 nitrogen and oxygen atoms in total. The SMILES string of the molecule is C=CC(/C=C/C)=C\C/C=C(\C)OC. The van der Waals surface area contributed by atoms with Gasteiger partial charge in [-0.2, -0.15) is 0 Å². The molecule has 0 aromatic heterocycles. The second-order valence-electron chi connectivity index (χ2n) is 2.66. The smallest absolute Gasteiger partial charge is 0.0887 e. The largest absolute Gasteiger partial charge is 0.502 e. The molecule has 0 aliphatic carbocycles. The van der Waals surface area contributed by atoms with Crippen LogP contribution in [0.1, 0.15) is 20.3 Å². The van der Waals surface area contributed by atoms with Gasteiger partial charge in [0, 0.05) is 0 Å². The van der Waals surface area contributed by atoms with Gasteiger partial charge >= 0.3 is 0 Å². The number of rotatable bonds is 5. The maximum absolute atomic E-state index is 5.01. The third kappa shape index (κ3) is 5.97. The molecule has 0 saturated carbocycles. The molecule has 0 N–H and O–H groups in total. The zero-order valence-electron chi connectivity index (χ0n) is 8.71. The summed E-state index contributed by atoms with van der Waals surface area (Å²) in [5, 5.41) is 0. The summed E-state index contributed by atoms with van der Waals surface area (Å²) < 4.78 is 5.01. The zero-order chi connectivity index (χ0) is 10.1. The minimum Gasteiger partial charge on any atom is -0.502 e. The average molecular weight is 178 g/mol. The van der Waals surface area contributed by atoms with Crippen molar-refractivity contribution in [2.45, 2.75) is 20.3 Å². The maximum Gasteiger partial charge on any atom is 0.0887 e. The molecule has 0 aromatic carbocycles. The highest BCUT2D eigenvalue weighted by Crippen LogP contribution is 2.03. The van der Waals surface area contributed by atoms with Gasteiger partial charge in [0.15, 0.2) is 0 Å². The second kappa shape index (κ2) is 7.41. The molecule has 0 aromatic rings. The van der Waals surface area contributed by atoms with Crippen molar-refractivity contribution in [3.05, 3.63) is 48.3 Å². The predicted octanol–water partition coefficient (Wildman–Crippen LogP) is 3.62. The van der Waals surface area contributed by atoms with Gasteiger partial charge in [-0.05, 0) is 31.9 Å². The van der Waals surface area contributed by atoms with Gasteiger partial charge in [-0.25, -0.2) is 0 Å². The quantitative estimate of drug-likeness (QED) is 0.461. The number of hydrogen-bond acceptors (Lipinski definition) is 1. The first-order valence-electron chi connectivity index (χ1n) is 4.40. The fourth-order valence-electron chi connectivity index (χ4n) is 0.856. The Kier molecular flexibility index (Phi) is 6.70. The van der Waals surface area contributed by atoms with Crippen molar-refractivity contribution < 1.29 is 4.74 Å². The summed E-state index contributed by atoms with van der Waals surface area (Å²) in [6, 6.07) is 0. The highest BCUT2D eigenvalue weighted by Gasteiger charge is 1.84. The number of allylic oxidation sites excluding steroid dienone is 7. The summed E-state index contributed by atoms with van der Waals surface area (Å²) in [5.74, 6) is 0.945. The number of ether oxygens (including phenoxy) is 1. The van der Waals surface area contributed by atoms with Crippen LogP contribution in [0.15, 0.2) is 48.3 Å². The first-order valence-corrected chi connectivity index (χ1v) is 4.40. The summed E-state index contributed by atoms with van der Waals surface area (Å²) in [7, 11) is 1.68. The molecule has 0 unspecified atom stereocenters. The van der Waals surface area contributed by atoms with Crippen LogP contribution in [-0.4, -0.2) is 7.11 Å². The molecule has 0 bridgehead atoms. The summed E-state index contributed by atoms with van der Waals surface area (Å²) >= 11 is 0. The predicted molar refractivity (Wildman–Crippen MR) is 58.5 cm³/mol. The Balaban J connectivity index is 4.15. The van der Waals surface area contributed by atoms with E-state index in [2.05, 4.69) is 12.7 Å². The lowest BCUT2D eigenvalue weighted by Crippen LogP contribution is -1.78. The van der Waals surface area contributed by atoms with Crippen LogP contribution >= 0.6 is 0 Å². The second-order valence-corrected chi connectivity index (χ2v) is 2.66. The zero-order valence-corrected chi connectivity index (χ0v) is 8.71. The monoisotopic (exact) mass is 178 g/mol. The Morgan fingerprint density at radius 2 is 2.08 bits per heavy atom. The van der Waals surface area contributed by atoms with Gasteiger partial charge < -0.3 is 4.74 Å². The Morgan fingerprint density at radius 1 is 1.38 bits per heavy atom. The van der Waals surface area contributed by atoms with Crippen LogP contribution in [0.25, 0.3) is 0 Å². The fourth-order valence-corrected chi connectivity index (χ4v) is 0.856. The van der Waals surface area contributed by atoms with E-state index in [0.717, 1.165) is 17.8 Å². The summed E-state index contributed by atoms with van der Waals surface area (Å²) in [4.78, 5) is 0. The summed E-state index contributed by atoms with van der Waals surface area (Å²) in [6.45, 7) is 7.66. The van der Waals surface area contributed by atoms with Crippen molar-refractivity contribution in [2.75, 3.05) is 7.11 Å². The highest BCUT2D eigenvalue weighted by molar-refractivity contribution is 5.29. The molecular formula is C12H18O. The van der Waals surface area contributed by atoms with Crippen molar-refractivity contribution in [3.63, 3.8) is 0 Å². The lowest BCUT2D eigenvalue weighted by Gasteiger charge is -1.96. The van der Waals surface area contributed by atoms with E-state index in [4.69, 9.17) is 4.74 Å². The van der Waals surface area contributed by atoms with Gasteiger partial charge in [0.05, 0.1) is 12.9 Å². The van der Waals surface area contributed by atoms with Crippen molar-refractivity contribution in [1.82, 2.24) is 0 Å². The molecule has 0 saturated heterocycles. The lowest BCUT2D eigenvalue weighted by molar-refractivity contribution is 0.292. The van der Waals surface area contributed by atoms with Crippen LogP contribution < -0.4 is 0 Å². The molecule has 0 atom stereocenters. The molecule has 1 heteroatoms. The van der Waals surface area contributed by atoms with E-state index in [9.17, 15) is 0 Å². The lowest BCUT2D eigenvalue weighted by atomic mass is 10.2. The molecule has 0 heterocycles. The molecule has 0 rings (SSSR count). The molecule has 13 heavy (non-hydrogen) atoms. The first kappa shape index (κ1) is 11.8. The molecule has 0 aliphatic rings. The number of methoxy groups -OCH3 is 1. The van der Waals surface area contributed by atoms with Crippen molar-refractivity contribution >= 4 is 0 Å². The molecule has 72 valence electrons. The van der Waals surface area contributed by atoms with E-state index >= 15 is 0 Å². The molecule has 0 amide bonds. The highest BCUT2D eigenvalue weighted by atomic mass is 16.5. The van der Waals surface area contributed by atoms with E-state index in [-0.39, 0.29) is 0 Å². The standard InChI is InChI=1S/C12H18O/c1-5-8-12(6-2)10-7-9-11(3)13-4/h5-6,8-10H,2,7H2,1,3-4H3/b8-5+,11-9+,12-10+. The Morgan fingerprint density at radius 3 is 2.54 bits per heavy atom. The van der Waals surface area contributed by atoms with Gasteiger partial charge in [-0.1, -0.05) is 30.9 Å². The van der Waals surface area contributed by atoms with Gasteiger partial charge in [-0.15, -0.1) is 0 Å². The van der Waals surface area contributed by atoms with Crippen LogP contribution in [0.4, 0.5) is 0 Å². The van der Waals surface area contributed by atoms with E-state index in [0.29, 0.717) is 0 Å². The molecular weight excluding hydrogens is 160 g/mol. The van der Waals surface area contributed by atoms with E-state index < -0.39 is 0 Å². The molecule has 0 radical (unpaired) electrons. The van der Waals surface area contributed by atoms with Crippen LogP contribution in [-0.2, 0) is 4.74 Å². The summed E-state index contributed by atoms with van der Waals surface area (Å²) in [5.41, 5.74) is 1.14. The van der Waals surface area contributed by atoms with Gasteiger partial charge in [-0.3, -0.25) is 0 Å². The minimum atomic E-state index is 0.880. The van der Waals surface area contributed by atoms with Crippen molar-refractivity contribution in [3.8, 4) is 0 Å². The van der Waals surface area contributed by atoms with Crippen LogP contribution in [0, 0.1) is 0 Å². The average Bonchev–Trinajstić information content (AvgIpc) is 2.16. The Bertz CT molecular complexity index is 232. The van der Waals surface area contributed by atoms with Gasteiger partial charge in [0.2, 0.25) is 0 Å². The molecule has 0 spiro atoms. The third-order valence-electron chi connectivity index (χ3n) is 1.68. The van der Waals surface area contributed by atoms with Crippen LogP contribution in [0.5, 0.6) is 0 Å². The third-order valence-corrected chi connectivity index (χ3v) is 1.68. The maximum atomic E-state index is 5.01. The Labute approximate surface area is 81.1 Å². The topological polar surface area (TPSA) is 9.23 Å². The molecule has 0 aliphatic heterocycles. The number of hydrogen-bond donors (Lipinski definition) is 0. The minimum absolute atomic E-state index is 0.880. The van der Waals surface area contributed by atoms with Crippen molar-refractivity contribution in [2.24, 2.45) is 0 Å². The van der Waals surface area contributed by atoms with Crippen molar-refractivity contribution in [1.29, 1.82) is 0 Å². The van der Waals surface area contributed by atoms with E-state index in [1.54, 1.807) is 7.11 Å². The first-order chi connectivity index (χ1) is 6.24. The molecule has 0 fully saturated rings. The summed E-state index contributed by atoms with van der Waals surface area (Å²) in [6.07, 6.45) is 10.9. The van der Waals surface area contributed by atoms with Gasteiger partial charge in [0.25, 0.3) is 0 Å². The van der Waals surface area contributed by atoms with Crippen LogP contribution in [0.3, 0.4) is 0 Å². The van der Waals surface area contributed by atoms with E-state index in [1.165, 1.54) is 0 Å². The van der Waals surface area contributed by atoms with E-state index in [1.807, 2.05) is 38.2 Å². The normalized spacial score (nSPS) is 13.5. The Hall–Kier alpha value is -1.24. The van der Waals surface area contributed by atoms with Crippen LogP contribution in [0.2, 0.25) is 0 Å². The van der Waals surface area contributed by atoms with Gasteiger partial charge in [0.1, 0.15) is 0 Å². The fraction of sp³-hybridized carbons (Fsp3) is 0.333.